The molecular formula is C23H17N3O3. The van der Waals surface area contributed by atoms with Crippen molar-refractivity contribution in [2.24, 2.45) is 0 Å². The maximum absolute atomic E-state index is 8.89. The molecule has 0 aliphatic rings. The van der Waals surface area contributed by atoms with Crippen molar-refractivity contribution in [3.05, 3.63) is 84.3 Å². The van der Waals surface area contributed by atoms with E-state index in [-0.39, 0.29) is 6.61 Å². The van der Waals surface area contributed by atoms with Crippen LogP contribution in [-0.4, -0.2) is 17.3 Å². The summed E-state index contributed by atoms with van der Waals surface area (Å²) in [4.78, 5) is 4.37. The Hall–Kier alpha value is -4.11. The van der Waals surface area contributed by atoms with Crippen LogP contribution in [0, 0.1) is 11.3 Å². The molecule has 1 heterocycles. The van der Waals surface area contributed by atoms with Gasteiger partial charge in [-0.1, -0.05) is 41.6 Å². The van der Waals surface area contributed by atoms with Crippen molar-refractivity contribution in [2.45, 2.75) is 6.61 Å². The Kier molecular flexibility index (Phi) is 5.21. The molecule has 6 nitrogen and oxygen atoms in total. The first-order valence-electron chi connectivity index (χ1n) is 8.95. The van der Waals surface area contributed by atoms with Crippen LogP contribution >= 0.6 is 0 Å². The quantitative estimate of drug-likeness (QED) is 0.473. The number of methoxy groups -OCH3 is 1. The first-order valence-corrected chi connectivity index (χ1v) is 8.95. The lowest BCUT2D eigenvalue weighted by molar-refractivity contribution is 0.243. The minimum absolute atomic E-state index is 0.174. The molecule has 0 N–H and O–H groups in total. The number of rotatable bonds is 6. The number of benzene rings is 3. The molecule has 0 atom stereocenters. The van der Waals surface area contributed by atoms with E-state index in [0.29, 0.717) is 23.0 Å². The lowest BCUT2D eigenvalue weighted by Gasteiger charge is -2.05. The molecule has 0 aliphatic carbocycles. The average Bonchev–Trinajstić information content (AvgIpc) is 3.27. The molecule has 29 heavy (non-hydrogen) atoms. The van der Waals surface area contributed by atoms with Gasteiger partial charge in [0, 0.05) is 5.56 Å². The molecule has 4 rings (SSSR count). The molecule has 0 spiro atoms. The van der Waals surface area contributed by atoms with Gasteiger partial charge in [0.15, 0.2) is 6.61 Å². The van der Waals surface area contributed by atoms with E-state index in [1.807, 2.05) is 60.7 Å². The second-order valence-corrected chi connectivity index (χ2v) is 6.25. The lowest BCUT2D eigenvalue weighted by atomic mass is 10.0. The lowest BCUT2D eigenvalue weighted by Crippen LogP contribution is -1.95. The standard InChI is InChI=1S/C23H17N3O3/c1-27-21-4-2-3-19(13-21)23-25-22(29-26-23)15-28-20-11-9-18(10-12-20)17-7-5-16(14-24)6-8-17/h2-13H,15H2,1H3. The summed E-state index contributed by atoms with van der Waals surface area (Å²) in [6.45, 7) is 0.174. The smallest absolute Gasteiger partial charge is 0.264 e. The first-order chi connectivity index (χ1) is 14.2. The van der Waals surface area contributed by atoms with Gasteiger partial charge < -0.3 is 14.0 Å². The second-order valence-electron chi connectivity index (χ2n) is 6.25. The number of aromatic nitrogens is 2. The molecule has 4 aromatic rings. The summed E-state index contributed by atoms with van der Waals surface area (Å²) in [5, 5.41) is 12.9. The highest BCUT2D eigenvalue weighted by atomic mass is 16.5. The van der Waals surface area contributed by atoms with Gasteiger partial charge in [-0.2, -0.15) is 10.2 Å². The molecule has 0 bridgehead atoms. The minimum Gasteiger partial charge on any atom is -0.497 e. The van der Waals surface area contributed by atoms with Gasteiger partial charge in [-0.05, 0) is 47.5 Å². The molecule has 0 radical (unpaired) electrons. The number of nitrogens with zero attached hydrogens (tertiary/aromatic N) is 3. The van der Waals surface area contributed by atoms with E-state index < -0.39 is 0 Å². The van der Waals surface area contributed by atoms with Crippen molar-refractivity contribution in [3.63, 3.8) is 0 Å². The van der Waals surface area contributed by atoms with Gasteiger partial charge in [-0.15, -0.1) is 0 Å². The Balaban J connectivity index is 1.40. The molecule has 0 saturated carbocycles. The summed E-state index contributed by atoms with van der Waals surface area (Å²) in [5.41, 5.74) is 3.53. The summed E-state index contributed by atoms with van der Waals surface area (Å²) in [6, 6.07) is 24.7. The summed E-state index contributed by atoms with van der Waals surface area (Å²) < 4.78 is 16.2. The molecule has 142 valence electrons. The Morgan fingerprint density at radius 3 is 2.31 bits per heavy atom. The predicted molar refractivity (Wildman–Crippen MR) is 107 cm³/mol. The van der Waals surface area contributed by atoms with Crippen molar-refractivity contribution >= 4 is 0 Å². The Labute approximate surface area is 168 Å². The van der Waals surface area contributed by atoms with E-state index >= 15 is 0 Å². The molecular weight excluding hydrogens is 366 g/mol. The van der Waals surface area contributed by atoms with E-state index in [4.69, 9.17) is 19.3 Å². The molecule has 0 aliphatic heterocycles. The third-order valence-corrected chi connectivity index (χ3v) is 4.36. The van der Waals surface area contributed by atoms with Gasteiger partial charge in [0.25, 0.3) is 5.89 Å². The van der Waals surface area contributed by atoms with Crippen LogP contribution in [0.25, 0.3) is 22.5 Å². The van der Waals surface area contributed by atoms with Crippen molar-refractivity contribution < 1.29 is 14.0 Å². The van der Waals surface area contributed by atoms with Gasteiger partial charge in [0.05, 0.1) is 18.7 Å². The van der Waals surface area contributed by atoms with Gasteiger partial charge >= 0.3 is 0 Å². The number of hydrogen-bond donors (Lipinski definition) is 0. The summed E-state index contributed by atoms with van der Waals surface area (Å²) >= 11 is 0. The topological polar surface area (TPSA) is 81.2 Å². The highest BCUT2D eigenvalue weighted by Crippen LogP contribution is 2.24. The third kappa shape index (κ3) is 4.25. The van der Waals surface area contributed by atoms with Crippen molar-refractivity contribution in [1.29, 1.82) is 5.26 Å². The predicted octanol–water partition coefficient (Wildman–Crippen LogP) is 4.86. The van der Waals surface area contributed by atoms with Crippen LogP contribution in [0.1, 0.15) is 11.5 Å². The number of nitriles is 1. The zero-order valence-electron chi connectivity index (χ0n) is 15.7. The largest absolute Gasteiger partial charge is 0.497 e. The Morgan fingerprint density at radius 2 is 1.62 bits per heavy atom. The normalized spacial score (nSPS) is 10.3. The minimum atomic E-state index is 0.174. The SMILES string of the molecule is COc1cccc(-c2noc(COc3ccc(-c4ccc(C#N)cc4)cc3)n2)c1. The maximum Gasteiger partial charge on any atom is 0.264 e. The third-order valence-electron chi connectivity index (χ3n) is 4.36. The first kappa shape index (κ1) is 18.3. The van der Waals surface area contributed by atoms with Crippen LogP contribution in [0.5, 0.6) is 11.5 Å². The molecule has 3 aromatic carbocycles. The van der Waals surface area contributed by atoms with Crippen molar-refractivity contribution in [1.82, 2.24) is 10.1 Å². The van der Waals surface area contributed by atoms with Gasteiger partial charge in [0.2, 0.25) is 5.82 Å². The maximum atomic E-state index is 8.89. The van der Waals surface area contributed by atoms with Crippen LogP contribution < -0.4 is 9.47 Å². The molecule has 0 amide bonds. The average molecular weight is 383 g/mol. The van der Waals surface area contributed by atoms with E-state index in [1.54, 1.807) is 19.2 Å². The van der Waals surface area contributed by atoms with Crippen LogP contribution in [0.2, 0.25) is 0 Å². The summed E-state index contributed by atoms with van der Waals surface area (Å²) in [6.07, 6.45) is 0. The van der Waals surface area contributed by atoms with E-state index in [0.717, 1.165) is 22.4 Å². The van der Waals surface area contributed by atoms with Gasteiger partial charge in [0.1, 0.15) is 11.5 Å². The van der Waals surface area contributed by atoms with Crippen LogP contribution in [0.4, 0.5) is 0 Å². The fourth-order valence-corrected chi connectivity index (χ4v) is 2.82. The van der Waals surface area contributed by atoms with Crippen LogP contribution in [0.15, 0.2) is 77.3 Å². The van der Waals surface area contributed by atoms with Crippen LogP contribution in [0.3, 0.4) is 0 Å². The van der Waals surface area contributed by atoms with E-state index in [9.17, 15) is 0 Å². The van der Waals surface area contributed by atoms with Gasteiger partial charge in [-0.25, -0.2) is 0 Å². The summed E-state index contributed by atoms with van der Waals surface area (Å²) in [5.74, 6) is 2.30. The fourth-order valence-electron chi connectivity index (χ4n) is 2.82. The number of hydrogen-bond acceptors (Lipinski definition) is 6. The van der Waals surface area contributed by atoms with Crippen molar-refractivity contribution in [2.75, 3.05) is 7.11 Å². The summed E-state index contributed by atoms with van der Waals surface area (Å²) in [7, 11) is 1.61. The molecule has 0 fully saturated rings. The van der Waals surface area contributed by atoms with Crippen molar-refractivity contribution in [3.8, 4) is 40.1 Å². The Morgan fingerprint density at radius 1 is 0.897 bits per heavy atom. The Bertz CT molecular complexity index is 1140. The fraction of sp³-hybridized carbons (Fsp3) is 0.0870. The van der Waals surface area contributed by atoms with E-state index in [1.165, 1.54) is 0 Å². The monoisotopic (exact) mass is 383 g/mol. The highest BCUT2D eigenvalue weighted by Gasteiger charge is 2.10. The zero-order chi connectivity index (χ0) is 20.1. The molecule has 1 aromatic heterocycles. The highest BCUT2D eigenvalue weighted by molar-refractivity contribution is 5.65. The van der Waals surface area contributed by atoms with Crippen LogP contribution in [-0.2, 0) is 6.61 Å². The molecule has 0 saturated heterocycles. The van der Waals surface area contributed by atoms with E-state index in [2.05, 4.69) is 16.2 Å². The molecule has 6 heteroatoms. The second kappa shape index (κ2) is 8.28. The zero-order valence-corrected chi connectivity index (χ0v) is 15.7. The molecule has 0 unspecified atom stereocenters. The number of ether oxygens (including phenoxy) is 2. The van der Waals surface area contributed by atoms with Gasteiger partial charge in [-0.3, -0.25) is 0 Å².